The monoisotopic (exact) mass is 504 g/mol. The minimum atomic E-state index is -3.85. The Balaban J connectivity index is 1.74. The summed E-state index contributed by atoms with van der Waals surface area (Å²) in [5, 5.41) is 60.5. The summed E-state index contributed by atoms with van der Waals surface area (Å²) >= 11 is 0. The standard InChI is InChI=1S/C18H34F2N4O10/c19-18(20)7(2-21)32-17(12(29)15(18)30)34-14-5(23)1-4(22)13(11(14)28)33-16-10(27)8(24)9(26)6(3-25)31-16/h4-17,25-30H,1-3,21-24H2/t4-,5+,6-,7-,8+,9-,10-,11-,12-,13+,14-,15-,16-,17-/m1/s1. The second kappa shape index (κ2) is 10.7. The number of aliphatic hydroxyl groups excluding tert-OH is 6. The van der Waals surface area contributed by atoms with E-state index >= 15 is 0 Å². The van der Waals surface area contributed by atoms with E-state index in [0.717, 1.165) is 0 Å². The van der Waals surface area contributed by atoms with Gasteiger partial charge in [-0.15, -0.1) is 0 Å². The third-order valence-electron chi connectivity index (χ3n) is 6.52. The largest absolute Gasteiger partial charge is 0.394 e. The summed E-state index contributed by atoms with van der Waals surface area (Å²) in [5.74, 6) is -3.85. The molecule has 0 aromatic heterocycles. The molecule has 3 rings (SSSR count). The third-order valence-corrected chi connectivity index (χ3v) is 6.52. The Morgan fingerprint density at radius 3 is 1.85 bits per heavy atom. The lowest BCUT2D eigenvalue weighted by molar-refractivity contribution is -0.357. The lowest BCUT2D eigenvalue weighted by Gasteiger charge is -2.48. The van der Waals surface area contributed by atoms with Crippen molar-refractivity contribution in [1.29, 1.82) is 0 Å². The quantitative estimate of drug-likeness (QED) is 0.161. The molecule has 14 N–H and O–H groups in total. The van der Waals surface area contributed by atoms with Crippen LogP contribution in [0.3, 0.4) is 0 Å². The Kier molecular flexibility index (Phi) is 8.80. The van der Waals surface area contributed by atoms with Gasteiger partial charge in [0.25, 0.3) is 0 Å². The summed E-state index contributed by atoms with van der Waals surface area (Å²) in [6.07, 6.45) is -18.5. The first-order chi connectivity index (χ1) is 15.8. The van der Waals surface area contributed by atoms with Gasteiger partial charge < -0.3 is 72.5 Å². The molecule has 14 atom stereocenters. The van der Waals surface area contributed by atoms with Gasteiger partial charge in [-0.05, 0) is 6.42 Å². The Hall–Kier alpha value is -0.700. The number of halogens is 2. The first-order valence-electron chi connectivity index (χ1n) is 10.8. The molecule has 14 nitrogen and oxygen atoms in total. The predicted octanol–water partition coefficient (Wildman–Crippen LogP) is -6.02. The molecule has 0 amide bonds. The van der Waals surface area contributed by atoms with Crippen LogP contribution in [0.15, 0.2) is 0 Å². The summed E-state index contributed by atoms with van der Waals surface area (Å²) in [6, 6.07) is -3.13. The molecule has 3 fully saturated rings. The Bertz CT molecular complexity index is 681. The highest BCUT2D eigenvalue weighted by Gasteiger charge is 2.58. The van der Waals surface area contributed by atoms with Crippen LogP contribution >= 0.6 is 0 Å². The second-order valence-corrected chi connectivity index (χ2v) is 8.88. The van der Waals surface area contributed by atoms with Crippen molar-refractivity contribution in [1.82, 2.24) is 0 Å². The molecular formula is C18H34F2N4O10. The number of hydrogen-bond acceptors (Lipinski definition) is 14. The van der Waals surface area contributed by atoms with Crippen LogP contribution in [0.4, 0.5) is 8.78 Å². The lowest BCUT2D eigenvalue weighted by Crippen LogP contribution is -2.69. The zero-order valence-corrected chi connectivity index (χ0v) is 18.1. The van der Waals surface area contributed by atoms with Crippen molar-refractivity contribution in [3.63, 3.8) is 0 Å². The van der Waals surface area contributed by atoms with Gasteiger partial charge in [0.1, 0.15) is 48.8 Å². The van der Waals surface area contributed by atoms with E-state index in [1.165, 1.54) is 0 Å². The van der Waals surface area contributed by atoms with Gasteiger partial charge in [0, 0.05) is 18.6 Å². The van der Waals surface area contributed by atoms with Crippen LogP contribution in [-0.4, -0.2) is 135 Å². The van der Waals surface area contributed by atoms with Crippen molar-refractivity contribution in [3.05, 3.63) is 0 Å². The Labute approximate surface area is 193 Å². The zero-order valence-electron chi connectivity index (χ0n) is 18.1. The molecule has 34 heavy (non-hydrogen) atoms. The van der Waals surface area contributed by atoms with Gasteiger partial charge in [-0.2, -0.15) is 0 Å². The SMILES string of the molecule is NC[C@H]1O[C@H](O[C@H]2[C@H](O)[C@@H](O[C@H]3O[C@H](CO)[C@@H](O)[C@H](N)[C@H]3O)[C@H](N)C[C@@H]2N)[C@H](O)[C@@H](O)C1(F)F. The zero-order chi connectivity index (χ0) is 25.5. The van der Waals surface area contributed by atoms with Crippen LogP contribution in [-0.2, 0) is 18.9 Å². The van der Waals surface area contributed by atoms with Gasteiger partial charge in [0.05, 0.1) is 12.6 Å². The normalized spacial score (nSPS) is 51.9. The molecule has 1 saturated carbocycles. The van der Waals surface area contributed by atoms with Crippen molar-refractivity contribution in [2.45, 2.75) is 98.0 Å². The summed E-state index contributed by atoms with van der Waals surface area (Å²) in [5.41, 5.74) is 23.1. The predicted molar refractivity (Wildman–Crippen MR) is 107 cm³/mol. The fourth-order valence-electron chi connectivity index (χ4n) is 4.40. The van der Waals surface area contributed by atoms with Crippen molar-refractivity contribution < 1.29 is 58.4 Å². The molecule has 1 aliphatic carbocycles. The molecule has 2 heterocycles. The average Bonchev–Trinajstić information content (AvgIpc) is 2.79. The van der Waals surface area contributed by atoms with E-state index in [-0.39, 0.29) is 6.42 Å². The van der Waals surface area contributed by atoms with Crippen molar-refractivity contribution in [2.24, 2.45) is 22.9 Å². The summed E-state index contributed by atoms with van der Waals surface area (Å²) in [6.45, 7) is -1.33. The van der Waals surface area contributed by atoms with E-state index in [1.54, 1.807) is 0 Å². The highest BCUT2D eigenvalue weighted by Crippen LogP contribution is 2.36. The molecule has 2 saturated heterocycles. The number of rotatable bonds is 6. The average molecular weight is 504 g/mol. The summed E-state index contributed by atoms with van der Waals surface area (Å²) in [4.78, 5) is 0. The van der Waals surface area contributed by atoms with E-state index in [4.69, 9.17) is 41.9 Å². The van der Waals surface area contributed by atoms with Crippen molar-refractivity contribution in [2.75, 3.05) is 13.2 Å². The molecule has 200 valence electrons. The van der Waals surface area contributed by atoms with Gasteiger partial charge in [-0.25, -0.2) is 8.78 Å². The molecule has 2 aliphatic heterocycles. The minimum Gasteiger partial charge on any atom is -0.394 e. The van der Waals surface area contributed by atoms with Crippen LogP contribution in [0.2, 0.25) is 0 Å². The number of hydrogen-bond donors (Lipinski definition) is 10. The minimum absolute atomic E-state index is 0.0187. The van der Waals surface area contributed by atoms with Crippen LogP contribution in [0.1, 0.15) is 6.42 Å². The van der Waals surface area contributed by atoms with Gasteiger partial charge in [0.15, 0.2) is 18.7 Å². The fraction of sp³-hybridized carbons (Fsp3) is 1.00. The van der Waals surface area contributed by atoms with Gasteiger partial charge >= 0.3 is 5.92 Å². The second-order valence-electron chi connectivity index (χ2n) is 8.88. The number of aliphatic hydroxyl groups is 6. The fourth-order valence-corrected chi connectivity index (χ4v) is 4.40. The highest BCUT2D eigenvalue weighted by molar-refractivity contribution is 5.02. The Morgan fingerprint density at radius 1 is 0.824 bits per heavy atom. The smallest absolute Gasteiger partial charge is 0.303 e. The molecule has 0 aromatic rings. The molecular weight excluding hydrogens is 470 g/mol. The molecule has 0 spiro atoms. The first kappa shape index (κ1) is 27.9. The molecule has 0 aromatic carbocycles. The van der Waals surface area contributed by atoms with Crippen LogP contribution in [0.25, 0.3) is 0 Å². The van der Waals surface area contributed by atoms with Gasteiger partial charge in [0.2, 0.25) is 0 Å². The van der Waals surface area contributed by atoms with E-state index in [9.17, 15) is 39.4 Å². The molecule has 0 radical (unpaired) electrons. The highest BCUT2D eigenvalue weighted by atomic mass is 19.3. The third kappa shape index (κ3) is 5.07. The maximum atomic E-state index is 14.1. The molecule has 3 aliphatic rings. The van der Waals surface area contributed by atoms with Crippen molar-refractivity contribution in [3.8, 4) is 0 Å². The van der Waals surface area contributed by atoms with Crippen LogP contribution in [0.5, 0.6) is 0 Å². The number of alkyl halides is 2. The Morgan fingerprint density at radius 2 is 1.35 bits per heavy atom. The first-order valence-corrected chi connectivity index (χ1v) is 10.8. The van der Waals surface area contributed by atoms with Crippen LogP contribution < -0.4 is 22.9 Å². The molecule has 16 heteroatoms. The van der Waals surface area contributed by atoms with E-state index in [1.807, 2.05) is 0 Å². The van der Waals surface area contributed by atoms with E-state index < -0.39 is 105 Å². The van der Waals surface area contributed by atoms with Gasteiger partial charge in [-0.3, -0.25) is 0 Å². The van der Waals surface area contributed by atoms with Gasteiger partial charge in [-0.1, -0.05) is 0 Å². The maximum absolute atomic E-state index is 14.1. The lowest BCUT2D eigenvalue weighted by atomic mass is 9.84. The molecule has 0 bridgehead atoms. The number of nitrogens with two attached hydrogens (primary N) is 4. The van der Waals surface area contributed by atoms with E-state index in [2.05, 4.69) is 0 Å². The summed E-state index contributed by atoms with van der Waals surface area (Å²) < 4.78 is 49.7. The maximum Gasteiger partial charge on any atom is 0.303 e. The molecule has 0 unspecified atom stereocenters. The van der Waals surface area contributed by atoms with Crippen LogP contribution in [0, 0.1) is 0 Å². The number of ether oxygens (including phenoxy) is 4. The van der Waals surface area contributed by atoms with Crippen molar-refractivity contribution >= 4 is 0 Å². The van der Waals surface area contributed by atoms with E-state index in [0.29, 0.717) is 0 Å². The topological polar surface area (TPSA) is 262 Å². The summed E-state index contributed by atoms with van der Waals surface area (Å²) in [7, 11) is 0.